The highest BCUT2D eigenvalue weighted by Crippen LogP contribution is 2.33. The van der Waals surface area contributed by atoms with Gasteiger partial charge in [0, 0.05) is 6.07 Å². The van der Waals surface area contributed by atoms with Crippen molar-refractivity contribution in [2.75, 3.05) is 13.2 Å². The van der Waals surface area contributed by atoms with Gasteiger partial charge in [-0.15, -0.1) is 0 Å². The van der Waals surface area contributed by atoms with Crippen LogP contribution in [0.25, 0.3) is 0 Å². The van der Waals surface area contributed by atoms with Crippen molar-refractivity contribution in [2.45, 2.75) is 0 Å². The first-order chi connectivity index (χ1) is 10.1. The fourth-order valence-electron chi connectivity index (χ4n) is 1.55. The molecule has 0 atom stereocenters. The fraction of sp³-hybridized carbons (Fsp3) is 0.133. The molecule has 0 bridgehead atoms. The van der Waals surface area contributed by atoms with Gasteiger partial charge in [-0.3, -0.25) is 0 Å². The third-order valence-electron chi connectivity index (χ3n) is 2.57. The maximum atomic E-state index is 8.69. The molecule has 0 aromatic heterocycles. The molecule has 2 aromatic rings. The van der Waals surface area contributed by atoms with E-state index in [9.17, 15) is 0 Å². The molecule has 2 aromatic carbocycles. The first-order valence-electron chi connectivity index (χ1n) is 6.00. The number of hydrogen-bond donors (Lipinski definition) is 0. The molecule has 0 N–H and O–H groups in total. The standard InChI is InChI=1S/C15H10Cl3NO2/c16-12-7-14(18)15(8-13(12)17)21-6-5-20-11-3-1-10(9-19)2-4-11/h1-4,7-8H,5-6H2. The van der Waals surface area contributed by atoms with E-state index in [-0.39, 0.29) is 0 Å². The molecule has 0 aliphatic carbocycles. The Morgan fingerprint density at radius 2 is 1.48 bits per heavy atom. The van der Waals surface area contributed by atoms with Crippen LogP contribution >= 0.6 is 34.8 Å². The Morgan fingerprint density at radius 3 is 2.14 bits per heavy atom. The molecule has 3 nitrogen and oxygen atoms in total. The molecule has 108 valence electrons. The van der Waals surface area contributed by atoms with Gasteiger partial charge in [-0.1, -0.05) is 34.8 Å². The molecule has 0 spiro atoms. The summed E-state index contributed by atoms with van der Waals surface area (Å²) in [4.78, 5) is 0. The second kappa shape index (κ2) is 7.42. The van der Waals surface area contributed by atoms with Crippen molar-refractivity contribution < 1.29 is 9.47 Å². The zero-order chi connectivity index (χ0) is 15.2. The van der Waals surface area contributed by atoms with Gasteiger partial charge in [0.25, 0.3) is 0 Å². The third-order valence-corrected chi connectivity index (χ3v) is 3.59. The number of hydrogen-bond acceptors (Lipinski definition) is 3. The predicted molar refractivity (Wildman–Crippen MR) is 83.6 cm³/mol. The topological polar surface area (TPSA) is 42.2 Å². The van der Waals surface area contributed by atoms with Crippen LogP contribution in [0.2, 0.25) is 15.1 Å². The van der Waals surface area contributed by atoms with Crippen LogP contribution in [0.4, 0.5) is 0 Å². The number of halogens is 3. The Bertz CT molecular complexity index is 666. The van der Waals surface area contributed by atoms with Gasteiger partial charge >= 0.3 is 0 Å². The van der Waals surface area contributed by atoms with Gasteiger partial charge in [-0.2, -0.15) is 5.26 Å². The highest BCUT2D eigenvalue weighted by molar-refractivity contribution is 6.43. The Hall–Kier alpha value is -1.60. The van der Waals surface area contributed by atoms with Gasteiger partial charge in [-0.05, 0) is 30.3 Å². The third kappa shape index (κ3) is 4.44. The lowest BCUT2D eigenvalue weighted by atomic mass is 10.2. The first-order valence-corrected chi connectivity index (χ1v) is 7.14. The predicted octanol–water partition coefficient (Wildman–Crippen LogP) is 4.98. The highest BCUT2D eigenvalue weighted by atomic mass is 35.5. The zero-order valence-electron chi connectivity index (χ0n) is 10.8. The molecule has 0 saturated carbocycles. The molecule has 0 unspecified atom stereocenters. The quantitative estimate of drug-likeness (QED) is 0.568. The average Bonchev–Trinajstić information content (AvgIpc) is 2.49. The molecule has 0 heterocycles. The number of rotatable bonds is 5. The maximum absolute atomic E-state index is 8.69. The van der Waals surface area contributed by atoms with Gasteiger partial charge in [0.1, 0.15) is 24.7 Å². The summed E-state index contributed by atoms with van der Waals surface area (Å²) in [6, 6.07) is 12.0. The summed E-state index contributed by atoms with van der Waals surface area (Å²) in [5.41, 5.74) is 0.584. The van der Waals surface area contributed by atoms with Crippen molar-refractivity contribution in [2.24, 2.45) is 0 Å². The van der Waals surface area contributed by atoms with Crippen LogP contribution in [0.15, 0.2) is 36.4 Å². The summed E-state index contributed by atoms with van der Waals surface area (Å²) < 4.78 is 11.0. The Morgan fingerprint density at radius 1 is 0.857 bits per heavy atom. The van der Waals surface area contributed by atoms with Gasteiger partial charge in [0.2, 0.25) is 0 Å². The molecule has 0 aliphatic heterocycles. The normalized spacial score (nSPS) is 10.0. The lowest BCUT2D eigenvalue weighted by Crippen LogP contribution is -2.09. The van der Waals surface area contributed by atoms with Crippen LogP contribution < -0.4 is 9.47 Å². The monoisotopic (exact) mass is 341 g/mol. The van der Waals surface area contributed by atoms with E-state index in [1.807, 2.05) is 6.07 Å². The number of benzene rings is 2. The summed E-state index contributed by atoms with van der Waals surface area (Å²) >= 11 is 17.7. The lowest BCUT2D eigenvalue weighted by molar-refractivity contribution is 0.217. The van der Waals surface area contributed by atoms with Crippen molar-refractivity contribution in [1.29, 1.82) is 5.26 Å². The molecule has 21 heavy (non-hydrogen) atoms. The molecule has 0 aliphatic rings. The molecule has 0 radical (unpaired) electrons. The lowest BCUT2D eigenvalue weighted by Gasteiger charge is -2.10. The van der Waals surface area contributed by atoms with Crippen molar-refractivity contribution in [3.63, 3.8) is 0 Å². The minimum Gasteiger partial charge on any atom is -0.490 e. The van der Waals surface area contributed by atoms with E-state index < -0.39 is 0 Å². The van der Waals surface area contributed by atoms with Crippen LogP contribution in [0.1, 0.15) is 5.56 Å². The second-order valence-electron chi connectivity index (χ2n) is 4.03. The zero-order valence-corrected chi connectivity index (χ0v) is 13.0. The minimum absolute atomic E-state index is 0.303. The molecular formula is C15H10Cl3NO2. The average molecular weight is 343 g/mol. The SMILES string of the molecule is N#Cc1ccc(OCCOc2cc(Cl)c(Cl)cc2Cl)cc1. The van der Waals surface area contributed by atoms with Crippen LogP contribution in [0.3, 0.4) is 0 Å². The van der Waals surface area contributed by atoms with E-state index in [0.717, 1.165) is 0 Å². The first kappa shape index (κ1) is 15.8. The minimum atomic E-state index is 0.303. The Kier molecular flexibility index (Phi) is 5.58. The number of nitrogens with zero attached hydrogens (tertiary/aromatic N) is 1. The van der Waals surface area contributed by atoms with E-state index in [1.54, 1.807) is 30.3 Å². The molecule has 0 fully saturated rings. The maximum Gasteiger partial charge on any atom is 0.139 e. The van der Waals surface area contributed by atoms with Crippen molar-refractivity contribution in [3.05, 3.63) is 57.0 Å². The van der Waals surface area contributed by atoms with Crippen LogP contribution in [-0.4, -0.2) is 13.2 Å². The Balaban J connectivity index is 1.84. The van der Waals surface area contributed by atoms with Crippen LogP contribution in [-0.2, 0) is 0 Å². The number of ether oxygens (including phenoxy) is 2. The van der Waals surface area contributed by atoms with Crippen LogP contribution in [0.5, 0.6) is 11.5 Å². The van der Waals surface area contributed by atoms with E-state index in [1.165, 1.54) is 6.07 Å². The molecule has 2 rings (SSSR count). The van der Waals surface area contributed by atoms with Gasteiger partial charge in [-0.25, -0.2) is 0 Å². The van der Waals surface area contributed by atoms with Gasteiger partial charge < -0.3 is 9.47 Å². The summed E-state index contributed by atoms with van der Waals surface area (Å²) in [5.74, 6) is 1.12. The molecule has 6 heteroatoms. The van der Waals surface area contributed by atoms with Crippen molar-refractivity contribution in [3.8, 4) is 17.6 Å². The van der Waals surface area contributed by atoms with Crippen LogP contribution in [0, 0.1) is 11.3 Å². The molecular weight excluding hydrogens is 333 g/mol. The summed E-state index contributed by atoms with van der Waals surface area (Å²) in [6.45, 7) is 0.639. The van der Waals surface area contributed by atoms with E-state index >= 15 is 0 Å². The smallest absolute Gasteiger partial charge is 0.139 e. The van der Waals surface area contributed by atoms with Crippen molar-refractivity contribution >= 4 is 34.8 Å². The summed E-state index contributed by atoms with van der Waals surface area (Å²) in [6.07, 6.45) is 0. The van der Waals surface area contributed by atoms with Crippen molar-refractivity contribution in [1.82, 2.24) is 0 Å². The largest absolute Gasteiger partial charge is 0.490 e. The van der Waals surface area contributed by atoms with E-state index in [2.05, 4.69) is 0 Å². The fourth-order valence-corrected chi connectivity index (χ4v) is 2.14. The highest BCUT2D eigenvalue weighted by Gasteiger charge is 2.07. The number of nitriles is 1. The van der Waals surface area contributed by atoms with E-state index in [0.29, 0.717) is 45.3 Å². The van der Waals surface area contributed by atoms with E-state index in [4.69, 9.17) is 49.5 Å². The molecule has 0 amide bonds. The van der Waals surface area contributed by atoms with Gasteiger partial charge in [0.15, 0.2) is 0 Å². The summed E-state index contributed by atoms with van der Waals surface area (Å²) in [7, 11) is 0. The second-order valence-corrected chi connectivity index (χ2v) is 5.25. The summed E-state index contributed by atoms with van der Waals surface area (Å²) in [5, 5.41) is 9.84. The molecule has 0 saturated heterocycles. The Labute approximate surface area is 137 Å². The van der Waals surface area contributed by atoms with Gasteiger partial charge in [0.05, 0.1) is 26.7 Å².